The van der Waals surface area contributed by atoms with Gasteiger partial charge in [0.1, 0.15) is 0 Å². The van der Waals surface area contributed by atoms with Crippen LogP contribution in [0.5, 0.6) is 0 Å². The fraction of sp³-hybridized carbons (Fsp3) is 0.311. The molecule has 0 unspecified atom stereocenters. The van der Waals surface area contributed by atoms with Gasteiger partial charge in [-0.25, -0.2) is 0 Å². The van der Waals surface area contributed by atoms with Gasteiger partial charge in [0.2, 0.25) is 0 Å². The smallest absolute Gasteiger partial charge is 0.0546 e. The van der Waals surface area contributed by atoms with Crippen LogP contribution in [0.1, 0.15) is 121 Å². The molecule has 0 aromatic heterocycles. The highest BCUT2D eigenvalue weighted by molar-refractivity contribution is 6.24. The van der Waals surface area contributed by atoms with Crippen LogP contribution in [0.3, 0.4) is 0 Å². The molecule has 314 valence electrons. The highest BCUT2D eigenvalue weighted by Gasteiger charge is 2.26. The van der Waals surface area contributed by atoms with Crippen molar-refractivity contribution < 1.29 is 0 Å². The molecule has 4 aliphatic rings. The lowest BCUT2D eigenvalue weighted by atomic mass is 9.88. The first-order valence-electron chi connectivity index (χ1n) is 24.5. The minimum Gasteiger partial charge on any atom is -0.310 e. The first-order valence-corrected chi connectivity index (χ1v) is 24.5. The minimum absolute atomic E-state index is 0.410. The summed E-state index contributed by atoms with van der Waals surface area (Å²) in [5, 5.41) is 7.87. The van der Waals surface area contributed by atoms with Crippen molar-refractivity contribution in [2.24, 2.45) is 0 Å². The average molecular weight is 821 g/mol. The van der Waals surface area contributed by atoms with E-state index in [-0.39, 0.29) is 0 Å². The molecule has 0 aliphatic heterocycles. The summed E-state index contributed by atoms with van der Waals surface area (Å²) in [6.45, 7) is 4.68. The van der Waals surface area contributed by atoms with Gasteiger partial charge >= 0.3 is 0 Å². The highest BCUT2D eigenvalue weighted by Crippen LogP contribution is 2.49. The van der Waals surface area contributed by atoms with Crippen molar-refractivity contribution >= 4 is 66.4 Å². The van der Waals surface area contributed by atoms with Gasteiger partial charge in [-0.3, -0.25) is 0 Å². The molecule has 2 nitrogen and oxygen atoms in total. The topological polar surface area (TPSA) is 6.48 Å². The molecule has 0 fully saturated rings. The Morgan fingerprint density at radius 1 is 0.302 bits per heavy atom. The van der Waals surface area contributed by atoms with Gasteiger partial charge in [-0.1, -0.05) is 80.6 Å². The number of anilines is 6. The van der Waals surface area contributed by atoms with Gasteiger partial charge in [-0.15, -0.1) is 0 Å². The van der Waals surface area contributed by atoms with E-state index in [1.165, 1.54) is 194 Å². The highest BCUT2D eigenvalue weighted by atomic mass is 15.2. The van der Waals surface area contributed by atoms with E-state index in [0.717, 1.165) is 25.7 Å². The van der Waals surface area contributed by atoms with Crippen molar-refractivity contribution in [1.29, 1.82) is 0 Å². The largest absolute Gasteiger partial charge is 0.310 e. The Kier molecular flexibility index (Phi) is 9.88. The van der Waals surface area contributed by atoms with Gasteiger partial charge in [-0.2, -0.15) is 0 Å². The molecule has 0 heterocycles. The van der Waals surface area contributed by atoms with Crippen molar-refractivity contribution in [2.45, 2.75) is 122 Å². The Hall–Kier alpha value is -5.86. The van der Waals surface area contributed by atoms with Gasteiger partial charge in [0, 0.05) is 33.5 Å². The third-order valence-electron chi connectivity index (χ3n) is 15.5. The summed E-state index contributed by atoms with van der Waals surface area (Å²) in [7, 11) is 0. The Bertz CT molecular complexity index is 2960. The zero-order valence-corrected chi connectivity index (χ0v) is 37.4. The standard InChI is InChI=1S/C61H60N2/c1-40(2)45-27-32-56-57(37-45)59-39-60(62(50-28-23-41-13-3-7-17-46(41)33-50)51-29-24-42-14-4-8-18-47(42)34-51)55-22-12-11-21-54(55)58(59)38-61(56)63(52-30-25-43-15-5-9-19-48(43)35-52)53-31-26-44-16-6-10-20-49(44)36-53/h11-12,21-40H,3-10,13-20H2,1-2H3. The average Bonchev–Trinajstić information content (AvgIpc) is 3.34. The lowest BCUT2D eigenvalue weighted by molar-refractivity contribution is 0.685. The number of benzene rings is 8. The van der Waals surface area contributed by atoms with Crippen LogP contribution in [-0.2, 0) is 51.4 Å². The predicted octanol–water partition coefficient (Wildman–Crippen LogP) is 16.7. The van der Waals surface area contributed by atoms with Crippen molar-refractivity contribution in [3.05, 3.63) is 177 Å². The second-order valence-electron chi connectivity index (χ2n) is 19.7. The van der Waals surface area contributed by atoms with E-state index in [2.05, 4.69) is 151 Å². The molecule has 0 amide bonds. The lowest BCUT2D eigenvalue weighted by Crippen LogP contribution is -2.15. The zero-order valence-electron chi connectivity index (χ0n) is 37.4. The molecule has 4 aliphatic carbocycles. The molecule has 12 rings (SSSR count). The van der Waals surface area contributed by atoms with Gasteiger partial charge in [0.15, 0.2) is 0 Å². The molecule has 0 spiro atoms. The number of aryl methyl sites for hydroxylation is 8. The molecule has 2 heteroatoms. The Morgan fingerprint density at radius 3 is 1.03 bits per heavy atom. The van der Waals surface area contributed by atoms with E-state index in [0.29, 0.717) is 5.92 Å². The summed E-state index contributed by atoms with van der Waals surface area (Å²) in [4.78, 5) is 5.24. The Labute approximate surface area is 374 Å². The van der Waals surface area contributed by atoms with Gasteiger partial charge in [0.05, 0.1) is 11.4 Å². The number of fused-ring (bicyclic) bond motifs is 9. The fourth-order valence-corrected chi connectivity index (χ4v) is 12.0. The minimum atomic E-state index is 0.410. The molecule has 0 radical (unpaired) electrons. The molecular formula is C61H60N2. The number of nitrogens with zero attached hydrogens (tertiary/aromatic N) is 2. The predicted molar refractivity (Wildman–Crippen MR) is 269 cm³/mol. The van der Waals surface area contributed by atoms with Crippen LogP contribution < -0.4 is 9.80 Å². The van der Waals surface area contributed by atoms with Gasteiger partial charge < -0.3 is 9.80 Å². The molecule has 8 aromatic carbocycles. The Balaban J connectivity index is 1.14. The number of hydrogen-bond donors (Lipinski definition) is 0. The maximum Gasteiger partial charge on any atom is 0.0546 e. The van der Waals surface area contributed by atoms with E-state index < -0.39 is 0 Å². The first-order chi connectivity index (χ1) is 31.0. The third kappa shape index (κ3) is 6.93. The molecule has 0 saturated carbocycles. The summed E-state index contributed by atoms with van der Waals surface area (Å²) in [5.41, 5.74) is 21.2. The van der Waals surface area contributed by atoms with Crippen molar-refractivity contribution in [3.8, 4) is 0 Å². The summed E-state index contributed by atoms with van der Waals surface area (Å²) < 4.78 is 0. The number of rotatable bonds is 7. The van der Waals surface area contributed by atoms with E-state index >= 15 is 0 Å². The van der Waals surface area contributed by atoms with Gasteiger partial charge in [0.25, 0.3) is 0 Å². The third-order valence-corrected chi connectivity index (χ3v) is 15.5. The lowest BCUT2D eigenvalue weighted by Gasteiger charge is -2.32. The van der Waals surface area contributed by atoms with E-state index in [9.17, 15) is 0 Å². The monoisotopic (exact) mass is 820 g/mol. The second kappa shape index (κ2) is 16.0. The maximum absolute atomic E-state index is 2.62. The van der Waals surface area contributed by atoms with Crippen LogP contribution in [0.15, 0.2) is 127 Å². The summed E-state index contributed by atoms with van der Waals surface area (Å²) in [6.07, 6.45) is 19.7. The van der Waals surface area contributed by atoms with Crippen LogP contribution in [0.2, 0.25) is 0 Å². The molecular weight excluding hydrogens is 761 g/mol. The van der Waals surface area contributed by atoms with Crippen molar-refractivity contribution in [2.75, 3.05) is 9.80 Å². The van der Waals surface area contributed by atoms with Crippen LogP contribution in [0.4, 0.5) is 34.1 Å². The van der Waals surface area contributed by atoms with Crippen molar-refractivity contribution in [1.82, 2.24) is 0 Å². The summed E-state index contributed by atoms with van der Waals surface area (Å²) >= 11 is 0. The van der Waals surface area contributed by atoms with Crippen LogP contribution in [0, 0.1) is 0 Å². The van der Waals surface area contributed by atoms with E-state index in [4.69, 9.17) is 0 Å². The van der Waals surface area contributed by atoms with E-state index in [1.807, 2.05) is 0 Å². The normalized spacial score (nSPS) is 15.9. The first kappa shape index (κ1) is 38.8. The van der Waals surface area contributed by atoms with Crippen molar-refractivity contribution in [3.63, 3.8) is 0 Å². The molecule has 0 N–H and O–H groups in total. The quantitative estimate of drug-likeness (QED) is 0.148. The Morgan fingerprint density at radius 2 is 0.635 bits per heavy atom. The number of hydrogen-bond acceptors (Lipinski definition) is 2. The maximum atomic E-state index is 2.62. The molecule has 8 aromatic rings. The molecule has 0 atom stereocenters. The van der Waals surface area contributed by atoms with Gasteiger partial charge in [-0.05, 0) is 241 Å². The molecule has 0 saturated heterocycles. The second-order valence-corrected chi connectivity index (χ2v) is 19.7. The SMILES string of the molecule is CC(C)c1ccc2c(N(c3ccc4c(c3)CCCC4)c3ccc4c(c3)CCCC4)cc3c4ccccc4c(N(c4ccc5c(c4)CCCC5)c4ccc5c(c4)CCCC5)cc3c2c1. The molecule has 63 heavy (non-hydrogen) atoms. The van der Waals surface area contributed by atoms with Crippen LogP contribution in [0.25, 0.3) is 32.3 Å². The summed E-state index contributed by atoms with van der Waals surface area (Å²) in [6, 6.07) is 51.3. The van der Waals surface area contributed by atoms with Crippen LogP contribution >= 0.6 is 0 Å². The van der Waals surface area contributed by atoms with Crippen LogP contribution in [-0.4, -0.2) is 0 Å². The molecule has 0 bridgehead atoms. The van der Waals surface area contributed by atoms with E-state index in [1.54, 1.807) is 0 Å². The fourth-order valence-electron chi connectivity index (χ4n) is 12.0. The zero-order chi connectivity index (χ0) is 42.0. The summed E-state index contributed by atoms with van der Waals surface area (Å²) in [5.74, 6) is 0.410.